The molecular formula is C23H22ClN5O5. The van der Waals surface area contributed by atoms with Gasteiger partial charge in [0.2, 0.25) is 5.88 Å². The van der Waals surface area contributed by atoms with E-state index in [0.29, 0.717) is 45.2 Å². The molecule has 176 valence electrons. The van der Waals surface area contributed by atoms with Crippen LogP contribution in [0.5, 0.6) is 23.1 Å². The van der Waals surface area contributed by atoms with E-state index in [1.54, 1.807) is 67.3 Å². The molecule has 2 heterocycles. The van der Waals surface area contributed by atoms with Gasteiger partial charge in [-0.1, -0.05) is 17.7 Å². The van der Waals surface area contributed by atoms with E-state index in [1.165, 1.54) is 0 Å². The number of benzene rings is 2. The van der Waals surface area contributed by atoms with Gasteiger partial charge in [-0.3, -0.25) is 4.79 Å². The molecule has 0 aliphatic rings. The SMILES string of the molecule is COc1ccc(-c2nnc3ccc(OCCNC(=O)COc4cccc(Cl)c4)nn23)c(OC)c1. The summed E-state index contributed by atoms with van der Waals surface area (Å²) in [6.45, 7) is 0.363. The fourth-order valence-electron chi connectivity index (χ4n) is 3.10. The van der Waals surface area contributed by atoms with Crippen molar-refractivity contribution in [2.75, 3.05) is 34.0 Å². The summed E-state index contributed by atoms with van der Waals surface area (Å²) in [6, 6.07) is 15.7. The number of nitrogens with zero attached hydrogens (tertiary/aromatic N) is 4. The lowest BCUT2D eigenvalue weighted by Crippen LogP contribution is -2.32. The highest BCUT2D eigenvalue weighted by molar-refractivity contribution is 6.30. The van der Waals surface area contributed by atoms with Crippen molar-refractivity contribution in [1.82, 2.24) is 25.1 Å². The average Bonchev–Trinajstić information content (AvgIpc) is 3.28. The minimum Gasteiger partial charge on any atom is -0.497 e. The number of carbonyl (C=O) groups excluding carboxylic acids is 1. The molecule has 34 heavy (non-hydrogen) atoms. The number of hydrogen-bond acceptors (Lipinski definition) is 8. The predicted molar refractivity (Wildman–Crippen MR) is 125 cm³/mol. The van der Waals surface area contributed by atoms with Gasteiger partial charge in [0.05, 0.1) is 26.3 Å². The number of aromatic nitrogens is 4. The third kappa shape index (κ3) is 5.46. The fraction of sp³-hybridized carbons (Fsp3) is 0.217. The summed E-state index contributed by atoms with van der Waals surface area (Å²) in [4.78, 5) is 12.0. The molecule has 2 aromatic carbocycles. The standard InChI is InChI=1S/C23H22ClN5O5/c1-31-16-6-7-18(19(13-16)32-2)23-27-26-20-8-9-22(28-29(20)23)33-11-10-25-21(30)14-34-17-5-3-4-15(24)12-17/h3-9,12-13H,10-11,14H2,1-2H3,(H,25,30). The van der Waals surface area contributed by atoms with E-state index in [0.717, 1.165) is 0 Å². The second-order valence-electron chi connectivity index (χ2n) is 6.98. The van der Waals surface area contributed by atoms with Crippen LogP contribution < -0.4 is 24.3 Å². The van der Waals surface area contributed by atoms with Crippen LogP contribution in [-0.2, 0) is 4.79 Å². The number of ether oxygens (including phenoxy) is 4. The van der Waals surface area contributed by atoms with E-state index in [2.05, 4.69) is 20.6 Å². The summed E-state index contributed by atoms with van der Waals surface area (Å²) in [6.07, 6.45) is 0. The molecule has 11 heteroatoms. The van der Waals surface area contributed by atoms with Gasteiger partial charge < -0.3 is 24.3 Å². The molecule has 0 atom stereocenters. The maximum Gasteiger partial charge on any atom is 0.258 e. The molecule has 0 saturated carbocycles. The molecule has 0 fully saturated rings. The highest BCUT2D eigenvalue weighted by atomic mass is 35.5. The molecule has 1 N–H and O–H groups in total. The van der Waals surface area contributed by atoms with E-state index in [-0.39, 0.29) is 25.7 Å². The van der Waals surface area contributed by atoms with Gasteiger partial charge in [-0.15, -0.1) is 15.3 Å². The van der Waals surface area contributed by atoms with Crippen LogP contribution in [0, 0.1) is 0 Å². The van der Waals surface area contributed by atoms with Gasteiger partial charge in [0.1, 0.15) is 23.9 Å². The van der Waals surface area contributed by atoms with Crippen molar-refractivity contribution in [1.29, 1.82) is 0 Å². The zero-order valence-electron chi connectivity index (χ0n) is 18.5. The Labute approximate surface area is 200 Å². The van der Waals surface area contributed by atoms with E-state index in [9.17, 15) is 4.79 Å². The largest absolute Gasteiger partial charge is 0.497 e. The van der Waals surface area contributed by atoms with Crippen molar-refractivity contribution in [3.8, 4) is 34.5 Å². The minimum atomic E-state index is -0.278. The summed E-state index contributed by atoms with van der Waals surface area (Å²) in [7, 11) is 3.15. The first-order chi connectivity index (χ1) is 16.6. The first-order valence-corrected chi connectivity index (χ1v) is 10.7. The second kappa shape index (κ2) is 10.7. The van der Waals surface area contributed by atoms with Crippen LogP contribution in [0.2, 0.25) is 5.02 Å². The Morgan fingerprint density at radius 3 is 2.68 bits per heavy atom. The van der Waals surface area contributed by atoms with E-state index in [4.69, 9.17) is 30.5 Å². The number of hydrogen-bond donors (Lipinski definition) is 1. The molecule has 2 aromatic heterocycles. The van der Waals surface area contributed by atoms with Gasteiger partial charge >= 0.3 is 0 Å². The Kier molecular flexibility index (Phi) is 7.28. The maximum atomic E-state index is 12.0. The van der Waals surface area contributed by atoms with Gasteiger partial charge in [-0.05, 0) is 36.4 Å². The topological polar surface area (TPSA) is 109 Å². The average molecular weight is 484 g/mol. The van der Waals surface area contributed by atoms with Crippen LogP contribution >= 0.6 is 11.6 Å². The molecule has 0 spiro atoms. The molecule has 1 amide bonds. The van der Waals surface area contributed by atoms with Gasteiger partial charge in [0, 0.05) is 17.2 Å². The molecule has 4 rings (SSSR count). The van der Waals surface area contributed by atoms with Crippen LogP contribution in [0.15, 0.2) is 54.6 Å². The van der Waals surface area contributed by atoms with Crippen molar-refractivity contribution in [3.05, 3.63) is 59.6 Å². The Hall–Kier alpha value is -4.05. The van der Waals surface area contributed by atoms with Crippen molar-refractivity contribution in [2.24, 2.45) is 0 Å². The Morgan fingerprint density at radius 2 is 1.88 bits per heavy atom. The molecule has 0 unspecified atom stereocenters. The van der Waals surface area contributed by atoms with Gasteiger partial charge in [-0.25, -0.2) is 0 Å². The number of carbonyl (C=O) groups is 1. The number of methoxy groups -OCH3 is 2. The third-order valence-corrected chi connectivity index (χ3v) is 4.96. The monoisotopic (exact) mass is 483 g/mol. The smallest absolute Gasteiger partial charge is 0.258 e. The molecule has 0 aliphatic carbocycles. The fourth-order valence-corrected chi connectivity index (χ4v) is 3.28. The summed E-state index contributed by atoms with van der Waals surface area (Å²) in [5.74, 6) is 2.32. The van der Waals surface area contributed by atoms with Crippen LogP contribution in [0.4, 0.5) is 0 Å². The lowest BCUT2D eigenvalue weighted by atomic mass is 10.2. The molecule has 0 bridgehead atoms. The predicted octanol–water partition coefficient (Wildman–Crippen LogP) is 3.04. The zero-order valence-corrected chi connectivity index (χ0v) is 19.3. The van der Waals surface area contributed by atoms with Crippen molar-refractivity contribution >= 4 is 23.2 Å². The van der Waals surface area contributed by atoms with Gasteiger partial charge in [-0.2, -0.15) is 4.52 Å². The van der Waals surface area contributed by atoms with Crippen LogP contribution in [0.3, 0.4) is 0 Å². The highest BCUT2D eigenvalue weighted by Gasteiger charge is 2.16. The Bertz CT molecular complexity index is 1300. The first kappa shape index (κ1) is 23.1. The van der Waals surface area contributed by atoms with E-state index in [1.807, 2.05) is 6.07 Å². The zero-order chi connectivity index (χ0) is 23.9. The van der Waals surface area contributed by atoms with Gasteiger partial charge in [0.15, 0.2) is 18.1 Å². The van der Waals surface area contributed by atoms with Crippen molar-refractivity contribution in [3.63, 3.8) is 0 Å². The first-order valence-electron chi connectivity index (χ1n) is 10.3. The van der Waals surface area contributed by atoms with Crippen LogP contribution in [0.1, 0.15) is 0 Å². The molecule has 0 aliphatic heterocycles. The summed E-state index contributed by atoms with van der Waals surface area (Å²) in [5, 5.41) is 16.1. The number of amides is 1. The highest BCUT2D eigenvalue weighted by Crippen LogP contribution is 2.32. The Balaban J connectivity index is 1.35. The lowest BCUT2D eigenvalue weighted by molar-refractivity contribution is -0.123. The molecular weight excluding hydrogens is 462 g/mol. The van der Waals surface area contributed by atoms with Crippen molar-refractivity contribution in [2.45, 2.75) is 0 Å². The minimum absolute atomic E-state index is 0.127. The van der Waals surface area contributed by atoms with Gasteiger partial charge in [0.25, 0.3) is 5.91 Å². The summed E-state index contributed by atoms with van der Waals surface area (Å²) >= 11 is 5.90. The molecule has 4 aromatic rings. The molecule has 10 nitrogen and oxygen atoms in total. The summed E-state index contributed by atoms with van der Waals surface area (Å²) < 4.78 is 23.4. The molecule has 0 saturated heterocycles. The summed E-state index contributed by atoms with van der Waals surface area (Å²) in [5.41, 5.74) is 1.25. The van der Waals surface area contributed by atoms with Crippen LogP contribution in [0.25, 0.3) is 17.0 Å². The molecule has 0 radical (unpaired) electrons. The Morgan fingerprint density at radius 1 is 1.00 bits per heavy atom. The quantitative estimate of drug-likeness (QED) is 0.343. The van der Waals surface area contributed by atoms with E-state index >= 15 is 0 Å². The lowest BCUT2D eigenvalue weighted by Gasteiger charge is -2.10. The number of rotatable bonds is 10. The second-order valence-corrected chi connectivity index (χ2v) is 7.41. The van der Waals surface area contributed by atoms with E-state index < -0.39 is 0 Å². The normalized spacial score (nSPS) is 10.7. The van der Waals surface area contributed by atoms with Crippen molar-refractivity contribution < 1.29 is 23.7 Å². The number of fused-ring (bicyclic) bond motifs is 1. The number of halogens is 1. The third-order valence-electron chi connectivity index (χ3n) is 4.73. The number of nitrogens with one attached hydrogen (secondary N) is 1. The maximum absolute atomic E-state index is 12.0. The van der Waals surface area contributed by atoms with Crippen LogP contribution in [-0.4, -0.2) is 59.7 Å².